The topological polar surface area (TPSA) is 96.9 Å². The third kappa shape index (κ3) is 45.9. The maximum absolute atomic E-state index is 12.0. The van der Waals surface area contributed by atoms with Gasteiger partial charge >= 0.3 is 89.0 Å². The zero-order valence-electron chi connectivity index (χ0n) is 58.0. The van der Waals surface area contributed by atoms with Gasteiger partial charge in [0.1, 0.15) is 6.54 Å². The van der Waals surface area contributed by atoms with E-state index in [4.69, 9.17) is 4.74 Å². The number of rotatable bonds is 19. The standard InChI is InChI=1S/C19H24NO2.C19H32N.C14H22N2O.C10H13NO2.C5H10.2CH3.2F6P.Fe/c1-4-15(3)17-8-6-16(7-9-17)14-20-12-10-18(11-13-20)19(21)22-5-2;1-5-16(2)19-12-10-18(11-13-19)15-20(3,4)14-17-8-6-7-9-17;1-6-11(2)14(17)16(5)13-9-7-12(8-10-13)15(3)4;1-3-8(2)9-4-6-10(7-5-9)11(12)13;1-2-4-5-3-1;;;2*1-7(2,3,4,5)6;/h6-13,15H,4-5,14H2,1-3H3;10-13,16-17H,5-9,14-15H2,1-4H3;7-11H,6H2,1-5H3;4-8H,3H2,1-2H3;1-5H2;2*1H3;;;/q2*+1;;;;4*-1;+2. The van der Waals surface area contributed by atoms with Gasteiger partial charge in [-0.1, -0.05) is 161 Å². The van der Waals surface area contributed by atoms with Gasteiger partial charge in [0, 0.05) is 79.7 Å². The van der Waals surface area contributed by atoms with E-state index >= 15 is 0 Å². The molecule has 2 aliphatic carbocycles. The molecular weight excluding hydrogens is 1320 g/mol. The van der Waals surface area contributed by atoms with Gasteiger partial charge in [-0.05, 0) is 104 Å². The van der Waals surface area contributed by atoms with Crippen molar-refractivity contribution in [2.75, 3.05) is 58.2 Å². The predicted octanol–water partition coefficient (Wildman–Crippen LogP) is 24.2. The van der Waals surface area contributed by atoms with Crippen LogP contribution in [0.3, 0.4) is 0 Å². The number of carbonyl (C=O) groups excluding carboxylic acids is 2. The molecular formula is C69H107F12FeN5O5P2. The molecule has 5 aromatic rings. The molecule has 10 nitrogen and oxygen atoms in total. The molecule has 540 valence electrons. The summed E-state index contributed by atoms with van der Waals surface area (Å²) >= 11 is 0. The van der Waals surface area contributed by atoms with Crippen LogP contribution in [0.4, 0.5) is 67.4 Å². The zero-order valence-corrected chi connectivity index (χ0v) is 60.9. The van der Waals surface area contributed by atoms with E-state index in [1.54, 1.807) is 29.2 Å². The Morgan fingerprint density at radius 1 is 0.564 bits per heavy atom. The third-order valence-electron chi connectivity index (χ3n) is 15.6. The molecule has 2 fully saturated rings. The third-order valence-corrected chi connectivity index (χ3v) is 15.6. The van der Waals surface area contributed by atoms with E-state index < -0.39 is 15.6 Å². The number of halogens is 12. The Morgan fingerprint density at radius 3 is 1.24 bits per heavy atom. The van der Waals surface area contributed by atoms with Crippen LogP contribution in [-0.2, 0) is 39.7 Å². The summed E-state index contributed by atoms with van der Waals surface area (Å²) in [7, 11) is -10.7. The van der Waals surface area contributed by atoms with Crippen LogP contribution in [0.25, 0.3) is 0 Å². The van der Waals surface area contributed by atoms with Gasteiger partial charge in [-0.15, -0.1) is 0 Å². The molecule has 1 aromatic heterocycles. The number of non-ortho nitro benzene ring substituents is 1. The van der Waals surface area contributed by atoms with E-state index in [2.05, 4.69) is 109 Å². The average molecular weight is 1430 g/mol. The molecule has 0 radical (unpaired) electrons. The molecule has 4 atom stereocenters. The fraction of sp³-hybridized carbons (Fsp3) is 0.522. The first-order valence-corrected chi connectivity index (χ1v) is 35.3. The van der Waals surface area contributed by atoms with Crippen LogP contribution in [0.1, 0.15) is 202 Å². The van der Waals surface area contributed by atoms with E-state index in [0.29, 0.717) is 29.9 Å². The first kappa shape index (κ1) is 92.9. The summed E-state index contributed by atoms with van der Waals surface area (Å²) < 4.78 is 127. The summed E-state index contributed by atoms with van der Waals surface area (Å²) in [5.74, 6) is 2.70. The Kier molecular flexibility index (Phi) is 39.3. The first-order valence-electron chi connectivity index (χ1n) is 31.2. The fourth-order valence-corrected chi connectivity index (χ4v) is 9.60. The summed E-state index contributed by atoms with van der Waals surface area (Å²) in [6.45, 7) is 22.8. The number of hydrogen-bond donors (Lipinski definition) is 0. The Labute approximate surface area is 564 Å². The smallest absolute Gasteiger partial charge is 0.358 e. The van der Waals surface area contributed by atoms with Crippen molar-refractivity contribution in [3.8, 4) is 0 Å². The van der Waals surface area contributed by atoms with Crippen LogP contribution in [0.15, 0.2) is 122 Å². The summed E-state index contributed by atoms with van der Waals surface area (Å²) in [5.41, 5.74) is 9.59. The molecule has 25 heteroatoms. The number of aromatic nitrogens is 1. The molecule has 0 aliphatic heterocycles. The van der Waals surface area contributed by atoms with Crippen molar-refractivity contribution >= 4 is 44.6 Å². The number of carbonyl (C=O) groups is 2. The number of quaternary nitrogens is 1. The van der Waals surface area contributed by atoms with Crippen LogP contribution in [0.5, 0.6) is 0 Å². The van der Waals surface area contributed by atoms with E-state index in [0.717, 1.165) is 59.7 Å². The van der Waals surface area contributed by atoms with E-state index in [9.17, 15) is 70.1 Å². The van der Waals surface area contributed by atoms with Crippen molar-refractivity contribution in [1.82, 2.24) is 0 Å². The number of hydrogen-bond acceptors (Lipinski definition) is 6. The second-order valence-corrected chi connectivity index (χ2v) is 28.3. The molecule has 4 unspecified atom stereocenters. The number of amides is 1. The van der Waals surface area contributed by atoms with Gasteiger partial charge < -0.3 is 33.9 Å². The molecule has 2 aliphatic rings. The molecule has 1 amide bonds. The number of esters is 1. The minimum atomic E-state index is -10.7. The Hall–Kier alpha value is -5.33. The minimum absolute atomic E-state index is 0. The maximum Gasteiger partial charge on any atom is 2.00 e. The van der Waals surface area contributed by atoms with E-state index in [1.807, 2.05) is 95.6 Å². The largest absolute Gasteiger partial charge is 2.00 e. The van der Waals surface area contributed by atoms with Crippen molar-refractivity contribution in [1.29, 1.82) is 0 Å². The second kappa shape index (κ2) is 39.8. The van der Waals surface area contributed by atoms with E-state index in [-0.39, 0.29) is 60.3 Å². The van der Waals surface area contributed by atoms with Gasteiger partial charge in [0.05, 0.1) is 37.7 Å². The Balaban J connectivity index is -0.00000107. The molecule has 7 rings (SSSR count). The molecule has 4 aromatic carbocycles. The number of benzene rings is 4. The second-order valence-electron chi connectivity index (χ2n) is 24.5. The number of nitrogens with zero attached hydrogens (tertiary/aromatic N) is 5. The maximum atomic E-state index is 12.0. The van der Waals surface area contributed by atoms with Crippen molar-refractivity contribution in [2.24, 2.45) is 11.8 Å². The monoisotopic (exact) mass is 1430 g/mol. The summed E-state index contributed by atoms with van der Waals surface area (Å²) in [6, 6.07) is 36.5. The predicted molar refractivity (Wildman–Crippen MR) is 363 cm³/mol. The molecule has 0 bridgehead atoms. The van der Waals surface area contributed by atoms with Crippen molar-refractivity contribution < 1.29 is 95.7 Å². The van der Waals surface area contributed by atoms with Crippen LogP contribution >= 0.6 is 15.6 Å². The molecule has 2 saturated carbocycles. The molecule has 0 saturated heterocycles. The number of ether oxygens (including phenoxy) is 1. The number of anilines is 2. The van der Waals surface area contributed by atoms with Crippen LogP contribution in [0, 0.1) is 36.8 Å². The number of pyridine rings is 1. The van der Waals surface area contributed by atoms with Crippen molar-refractivity contribution in [3.05, 3.63) is 180 Å². The zero-order chi connectivity index (χ0) is 69.7. The fourth-order valence-electron chi connectivity index (χ4n) is 9.60. The molecule has 94 heavy (non-hydrogen) atoms. The van der Waals surface area contributed by atoms with Crippen LogP contribution < -0.4 is 14.4 Å². The SMILES string of the molecule is C1CCCC1.CCC(C)C(=O)N(C)c1ccc(N(C)C)cc1.CCC(C)c1ccc(C[N+](C)(C)CC2CCCC2)cc1.CCC(C)c1ccc([N+](=O)[O-])cc1.CCOC(=O)c1cc[n+](Cc2ccc(C(C)CC)cc2)cc1.F[P-](F)(F)(F)(F)F.F[P-](F)(F)(F)(F)F.[CH3-].[CH3-].[Fe+2]. The summed E-state index contributed by atoms with van der Waals surface area (Å²) in [6.07, 6.45) is 21.4. The van der Waals surface area contributed by atoms with Gasteiger partial charge in [0.25, 0.3) is 5.69 Å². The average Bonchev–Trinajstić information content (AvgIpc) is 0.860. The summed E-state index contributed by atoms with van der Waals surface area (Å²) in [4.78, 5) is 37.4. The van der Waals surface area contributed by atoms with Gasteiger partial charge in [0.15, 0.2) is 18.9 Å². The van der Waals surface area contributed by atoms with Gasteiger partial charge in [-0.2, -0.15) is 0 Å². The van der Waals surface area contributed by atoms with Gasteiger partial charge in [-0.25, -0.2) is 9.36 Å². The number of nitro benzene ring substituents is 1. The summed E-state index contributed by atoms with van der Waals surface area (Å²) in [5, 5.41) is 10.4. The van der Waals surface area contributed by atoms with Crippen LogP contribution in [0.2, 0.25) is 0 Å². The molecule has 1 heterocycles. The number of nitro groups is 1. The quantitative estimate of drug-likeness (QED) is 0.00940. The Bertz CT molecular complexity index is 2870. The minimum Gasteiger partial charge on any atom is -0.358 e. The van der Waals surface area contributed by atoms with Crippen molar-refractivity contribution in [2.45, 2.75) is 177 Å². The van der Waals surface area contributed by atoms with Crippen molar-refractivity contribution in [3.63, 3.8) is 0 Å². The molecule has 0 N–H and O–H groups in total. The normalized spacial score (nSPS) is 15.3. The van der Waals surface area contributed by atoms with Crippen LogP contribution in [-0.4, -0.2) is 69.7 Å². The van der Waals surface area contributed by atoms with E-state index in [1.165, 1.54) is 93.0 Å². The van der Waals surface area contributed by atoms with Gasteiger partial charge in [-0.3, -0.25) is 14.9 Å². The Morgan fingerprint density at radius 2 is 0.915 bits per heavy atom. The molecule has 0 spiro atoms. The first-order chi connectivity index (χ1) is 41.6. The van der Waals surface area contributed by atoms with Gasteiger partial charge in [0.2, 0.25) is 5.91 Å².